The van der Waals surface area contributed by atoms with E-state index in [-0.39, 0.29) is 5.91 Å². The van der Waals surface area contributed by atoms with E-state index >= 15 is 0 Å². The van der Waals surface area contributed by atoms with Gasteiger partial charge in [0.05, 0.1) is 6.54 Å². The number of carbonyl (C=O) groups excluding carboxylic acids is 1. The molecule has 1 aliphatic heterocycles. The molecule has 4 nitrogen and oxygen atoms in total. The van der Waals surface area contributed by atoms with Crippen molar-refractivity contribution >= 4 is 5.91 Å². The molecule has 0 saturated carbocycles. The minimum Gasteiger partial charge on any atom is -0.355 e. The lowest BCUT2D eigenvalue weighted by molar-refractivity contribution is -0.122. The van der Waals surface area contributed by atoms with Crippen molar-refractivity contribution in [3.8, 4) is 0 Å². The van der Waals surface area contributed by atoms with E-state index in [0.29, 0.717) is 13.1 Å². The predicted octanol–water partition coefficient (Wildman–Crippen LogP) is 0.265. The summed E-state index contributed by atoms with van der Waals surface area (Å²) in [5.74, 6) is 0.118. The fourth-order valence-corrected chi connectivity index (χ4v) is 2.06. The maximum atomic E-state index is 11.7. The number of carbonyl (C=O) groups is 1. The minimum atomic E-state index is 0.118. The van der Waals surface area contributed by atoms with Gasteiger partial charge < -0.3 is 5.32 Å². The van der Waals surface area contributed by atoms with Crippen molar-refractivity contribution in [3.05, 3.63) is 35.9 Å². The van der Waals surface area contributed by atoms with E-state index in [4.69, 9.17) is 0 Å². The van der Waals surface area contributed by atoms with Gasteiger partial charge in [-0.2, -0.15) is 0 Å². The molecule has 1 fully saturated rings. The monoisotopic (exact) mass is 246 g/mol. The Bertz CT molecular complexity index is 361. The van der Waals surface area contributed by atoms with Crippen LogP contribution in [0.5, 0.6) is 0 Å². The van der Waals surface area contributed by atoms with Crippen LogP contribution in [-0.4, -0.2) is 50.1 Å². The van der Waals surface area contributed by atoms with Crippen LogP contribution in [0.1, 0.15) is 5.56 Å². The van der Waals surface area contributed by atoms with Crippen LogP contribution in [-0.2, 0) is 11.2 Å². The van der Waals surface area contributed by atoms with E-state index in [0.717, 1.165) is 32.6 Å². The largest absolute Gasteiger partial charge is 0.355 e. The van der Waals surface area contributed by atoms with Crippen molar-refractivity contribution in [1.82, 2.24) is 15.5 Å². The zero-order valence-corrected chi connectivity index (χ0v) is 10.6. The summed E-state index contributed by atoms with van der Waals surface area (Å²) in [5, 5.41) is 7.23. The smallest absolute Gasteiger partial charge is 0.234 e. The van der Waals surface area contributed by atoms with Gasteiger partial charge >= 0.3 is 0 Å². The molecule has 0 aromatic heterocycles. The normalized spacial score (nSPS) is 16.4. The van der Waals surface area contributed by atoms with Gasteiger partial charge in [0, 0.05) is 32.7 Å². The molecule has 0 bridgehead atoms. The van der Waals surface area contributed by atoms with E-state index in [9.17, 15) is 4.79 Å². The fourth-order valence-electron chi connectivity index (χ4n) is 2.06. The van der Waals surface area contributed by atoms with Gasteiger partial charge in [0.15, 0.2) is 0 Å². The molecule has 97 valence electrons. The van der Waals surface area contributed by atoms with Crippen LogP contribution in [0.15, 0.2) is 30.3 Å². The average molecular weight is 246 g/mol. The number of hydrogen-bond acceptors (Lipinski definition) is 2. The molecular weight excluding hydrogens is 226 g/mol. The summed E-state index contributed by atoms with van der Waals surface area (Å²) in [6, 6.07) is 10.2. The Morgan fingerprint density at radius 1 is 1.22 bits per heavy atom. The van der Waals surface area contributed by atoms with Crippen LogP contribution in [0.3, 0.4) is 0 Å². The second kappa shape index (κ2) is 7.13. The molecular formula is C14H20N3O. The summed E-state index contributed by atoms with van der Waals surface area (Å²) in [6.07, 6.45) is 0.891. The number of benzene rings is 1. The lowest BCUT2D eigenvalue weighted by Gasteiger charge is -2.25. The van der Waals surface area contributed by atoms with E-state index in [1.807, 2.05) is 18.2 Å². The lowest BCUT2D eigenvalue weighted by atomic mass is 10.1. The summed E-state index contributed by atoms with van der Waals surface area (Å²) in [7, 11) is 0. The third-order valence-electron chi connectivity index (χ3n) is 3.09. The Balaban J connectivity index is 1.62. The molecule has 0 aliphatic carbocycles. The molecule has 0 unspecified atom stereocenters. The highest BCUT2D eigenvalue weighted by atomic mass is 16.2. The zero-order chi connectivity index (χ0) is 12.6. The number of nitrogens with one attached hydrogen (secondary N) is 1. The molecule has 1 saturated heterocycles. The van der Waals surface area contributed by atoms with Crippen molar-refractivity contribution in [2.45, 2.75) is 6.42 Å². The van der Waals surface area contributed by atoms with E-state index in [1.165, 1.54) is 5.56 Å². The van der Waals surface area contributed by atoms with Gasteiger partial charge in [-0.25, -0.2) is 5.32 Å². The first-order valence-electron chi connectivity index (χ1n) is 6.51. The van der Waals surface area contributed by atoms with Gasteiger partial charge in [0.25, 0.3) is 0 Å². The Morgan fingerprint density at radius 3 is 2.67 bits per heavy atom. The summed E-state index contributed by atoms with van der Waals surface area (Å²) in [4.78, 5) is 13.9. The first kappa shape index (κ1) is 13.1. The highest BCUT2D eigenvalue weighted by Crippen LogP contribution is 1.98. The third kappa shape index (κ3) is 4.47. The van der Waals surface area contributed by atoms with Crippen molar-refractivity contribution in [1.29, 1.82) is 0 Å². The van der Waals surface area contributed by atoms with Crippen molar-refractivity contribution in [3.63, 3.8) is 0 Å². The quantitative estimate of drug-likeness (QED) is 0.810. The van der Waals surface area contributed by atoms with E-state index in [1.54, 1.807) is 0 Å². The van der Waals surface area contributed by atoms with Gasteiger partial charge in [0.1, 0.15) is 0 Å². The second-order valence-corrected chi connectivity index (χ2v) is 4.53. The number of amides is 1. The maximum absolute atomic E-state index is 11.7. The molecule has 1 aromatic rings. The van der Waals surface area contributed by atoms with Crippen molar-refractivity contribution < 1.29 is 4.79 Å². The highest BCUT2D eigenvalue weighted by molar-refractivity contribution is 5.78. The Hall–Kier alpha value is -1.39. The summed E-state index contributed by atoms with van der Waals surface area (Å²) in [6.45, 7) is 4.75. The van der Waals surface area contributed by atoms with Crippen molar-refractivity contribution in [2.24, 2.45) is 0 Å². The summed E-state index contributed by atoms with van der Waals surface area (Å²) < 4.78 is 0. The third-order valence-corrected chi connectivity index (χ3v) is 3.09. The van der Waals surface area contributed by atoms with Gasteiger partial charge in [0.2, 0.25) is 5.91 Å². The van der Waals surface area contributed by atoms with Gasteiger partial charge in [-0.15, -0.1) is 0 Å². The first-order chi connectivity index (χ1) is 8.84. The Kier molecular flexibility index (Phi) is 5.17. The lowest BCUT2D eigenvalue weighted by Crippen LogP contribution is -2.45. The molecule has 4 heteroatoms. The van der Waals surface area contributed by atoms with Crippen LogP contribution in [0.25, 0.3) is 0 Å². The molecule has 1 aromatic carbocycles. The second-order valence-electron chi connectivity index (χ2n) is 4.53. The Labute approximate surface area is 108 Å². The molecule has 1 radical (unpaired) electrons. The zero-order valence-electron chi connectivity index (χ0n) is 10.6. The standard InChI is InChI=1S/C14H20N3O/c18-14(12-17-10-8-15-9-11-17)16-7-6-13-4-2-1-3-5-13/h1-5H,6-12H2,(H,16,18). The number of hydrogen-bond donors (Lipinski definition) is 1. The van der Waals surface area contributed by atoms with Crippen LogP contribution in [0, 0.1) is 0 Å². The molecule has 1 heterocycles. The van der Waals surface area contributed by atoms with Crippen LogP contribution in [0.2, 0.25) is 0 Å². The topological polar surface area (TPSA) is 46.4 Å². The summed E-state index contributed by atoms with van der Waals surface area (Å²) >= 11 is 0. The van der Waals surface area contributed by atoms with E-state index < -0.39 is 0 Å². The predicted molar refractivity (Wildman–Crippen MR) is 71.5 cm³/mol. The van der Waals surface area contributed by atoms with Gasteiger partial charge in [-0.3, -0.25) is 9.69 Å². The molecule has 1 N–H and O–H groups in total. The number of rotatable bonds is 5. The number of nitrogens with zero attached hydrogens (tertiary/aromatic N) is 2. The van der Waals surface area contributed by atoms with E-state index in [2.05, 4.69) is 27.7 Å². The molecule has 0 atom stereocenters. The summed E-state index contributed by atoms with van der Waals surface area (Å²) in [5.41, 5.74) is 1.26. The SMILES string of the molecule is O=C(CN1CC[N]CC1)NCCc1ccccc1. The van der Waals surface area contributed by atoms with Gasteiger partial charge in [-0.05, 0) is 12.0 Å². The number of piperazine rings is 1. The highest BCUT2D eigenvalue weighted by Gasteiger charge is 2.13. The van der Waals surface area contributed by atoms with Gasteiger partial charge in [-0.1, -0.05) is 30.3 Å². The van der Waals surface area contributed by atoms with Crippen LogP contribution >= 0.6 is 0 Å². The molecule has 2 rings (SSSR count). The molecule has 0 spiro atoms. The first-order valence-corrected chi connectivity index (χ1v) is 6.51. The molecule has 1 aliphatic rings. The fraction of sp³-hybridized carbons (Fsp3) is 0.500. The average Bonchev–Trinajstić information content (AvgIpc) is 2.41. The van der Waals surface area contributed by atoms with Crippen molar-refractivity contribution in [2.75, 3.05) is 39.3 Å². The Morgan fingerprint density at radius 2 is 1.94 bits per heavy atom. The van der Waals surface area contributed by atoms with Crippen LogP contribution < -0.4 is 10.6 Å². The molecule has 18 heavy (non-hydrogen) atoms. The minimum absolute atomic E-state index is 0.118. The maximum Gasteiger partial charge on any atom is 0.234 e. The van der Waals surface area contributed by atoms with Crippen LogP contribution in [0.4, 0.5) is 0 Å². The molecule has 1 amide bonds.